The summed E-state index contributed by atoms with van der Waals surface area (Å²) in [5, 5.41) is 5.40. The standard InChI is InChI=1S/C19H22N2O3/c1-3-14-9-11-16(12-10-14)20-19(23)21-17(18(22)24-2)13-15-7-5-4-6-8-15/h4-12,17H,3,13H2,1-2H3,(H2,20,21,23). The summed E-state index contributed by atoms with van der Waals surface area (Å²) in [6.45, 7) is 2.07. The number of hydrogen-bond donors (Lipinski definition) is 2. The minimum atomic E-state index is -0.743. The van der Waals surface area contributed by atoms with Crippen LogP contribution in [0.1, 0.15) is 18.1 Å². The van der Waals surface area contributed by atoms with Gasteiger partial charge in [0.05, 0.1) is 7.11 Å². The molecule has 2 N–H and O–H groups in total. The molecule has 0 saturated heterocycles. The van der Waals surface area contributed by atoms with E-state index in [2.05, 4.69) is 17.6 Å². The van der Waals surface area contributed by atoms with Gasteiger partial charge in [-0.1, -0.05) is 49.4 Å². The molecule has 2 aromatic carbocycles. The van der Waals surface area contributed by atoms with Gasteiger partial charge in [-0.15, -0.1) is 0 Å². The van der Waals surface area contributed by atoms with Crippen LogP contribution in [-0.2, 0) is 22.4 Å². The van der Waals surface area contributed by atoms with Gasteiger partial charge in [-0.25, -0.2) is 9.59 Å². The molecule has 5 heteroatoms. The zero-order chi connectivity index (χ0) is 17.4. The number of hydrogen-bond acceptors (Lipinski definition) is 3. The Bertz CT molecular complexity index is 669. The minimum Gasteiger partial charge on any atom is -0.467 e. The van der Waals surface area contributed by atoms with Gasteiger partial charge in [0.1, 0.15) is 6.04 Å². The Morgan fingerprint density at radius 3 is 2.25 bits per heavy atom. The average molecular weight is 326 g/mol. The maximum absolute atomic E-state index is 12.2. The van der Waals surface area contributed by atoms with Gasteiger partial charge in [-0.3, -0.25) is 0 Å². The van der Waals surface area contributed by atoms with E-state index in [4.69, 9.17) is 4.74 Å². The highest BCUT2D eigenvalue weighted by atomic mass is 16.5. The molecule has 0 aliphatic rings. The highest BCUT2D eigenvalue weighted by Gasteiger charge is 2.21. The SMILES string of the molecule is CCc1ccc(NC(=O)NC(Cc2ccccc2)C(=O)OC)cc1. The van der Waals surface area contributed by atoms with Crippen LogP contribution in [0.2, 0.25) is 0 Å². The molecule has 1 atom stereocenters. The van der Waals surface area contributed by atoms with E-state index in [0.717, 1.165) is 12.0 Å². The second-order valence-corrected chi connectivity index (χ2v) is 5.41. The number of anilines is 1. The normalized spacial score (nSPS) is 11.4. The second-order valence-electron chi connectivity index (χ2n) is 5.41. The van der Waals surface area contributed by atoms with Crippen molar-refractivity contribution in [1.82, 2.24) is 5.32 Å². The number of ether oxygens (including phenoxy) is 1. The lowest BCUT2D eigenvalue weighted by Crippen LogP contribution is -2.45. The molecule has 0 bridgehead atoms. The zero-order valence-electron chi connectivity index (χ0n) is 13.9. The van der Waals surface area contributed by atoms with Crippen molar-refractivity contribution in [2.45, 2.75) is 25.8 Å². The monoisotopic (exact) mass is 326 g/mol. The van der Waals surface area contributed by atoms with Crippen LogP contribution in [0.15, 0.2) is 54.6 Å². The molecule has 2 amide bonds. The van der Waals surface area contributed by atoms with E-state index in [1.165, 1.54) is 12.7 Å². The van der Waals surface area contributed by atoms with Gasteiger partial charge in [0, 0.05) is 12.1 Å². The molecule has 2 rings (SSSR count). The van der Waals surface area contributed by atoms with Gasteiger partial charge < -0.3 is 15.4 Å². The van der Waals surface area contributed by atoms with Gasteiger partial charge in [0.2, 0.25) is 0 Å². The third kappa shape index (κ3) is 5.12. The van der Waals surface area contributed by atoms with Crippen molar-refractivity contribution in [1.29, 1.82) is 0 Å². The number of methoxy groups -OCH3 is 1. The van der Waals surface area contributed by atoms with Crippen LogP contribution in [0.4, 0.5) is 10.5 Å². The second kappa shape index (κ2) is 8.72. The van der Waals surface area contributed by atoms with Crippen molar-refractivity contribution in [3.05, 3.63) is 65.7 Å². The quantitative estimate of drug-likeness (QED) is 0.801. The molecule has 0 aliphatic carbocycles. The number of carbonyl (C=O) groups is 2. The highest BCUT2D eigenvalue weighted by Crippen LogP contribution is 2.10. The molecule has 0 heterocycles. The van der Waals surface area contributed by atoms with Gasteiger partial charge in [0.15, 0.2) is 0 Å². The summed E-state index contributed by atoms with van der Waals surface area (Å²) < 4.78 is 4.78. The number of rotatable bonds is 6. The molecule has 126 valence electrons. The van der Waals surface area contributed by atoms with Crippen LogP contribution >= 0.6 is 0 Å². The summed E-state index contributed by atoms with van der Waals surface area (Å²) in [5.41, 5.74) is 2.81. The van der Waals surface area contributed by atoms with Crippen LogP contribution in [0.25, 0.3) is 0 Å². The van der Waals surface area contributed by atoms with Crippen molar-refractivity contribution in [2.24, 2.45) is 0 Å². The third-order valence-electron chi connectivity index (χ3n) is 3.69. The summed E-state index contributed by atoms with van der Waals surface area (Å²) in [4.78, 5) is 24.1. The largest absolute Gasteiger partial charge is 0.467 e. The number of nitrogens with one attached hydrogen (secondary N) is 2. The average Bonchev–Trinajstić information content (AvgIpc) is 2.62. The van der Waals surface area contributed by atoms with Crippen molar-refractivity contribution >= 4 is 17.7 Å². The van der Waals surface area contributed by atoms with Gasteiger partial charge in [0.25, 0.3) is 0 Å². The van der Waals surface area contributed by atoms with E-state index in [1.54, 1.807) is 0 Å². The van der Waals surface area contributed by atoms with Crippen molar-refractivity contribution < 1.29 is 14.3 Å². The first-order chi connectivity index (χ1) is 11.6. The Hall–Kier alpha value is -2.82. The summed E-state index contributed by atoms with van der Waals surface area (Å²) in [7, 11) is 1.31. The maximum atomic E-state index is 12.2. The molecule has 0 aliphatic heterocycles. The van der Waals surface area contributed by atoms with Crippen LogP contribution in [0, 0.1) is 0 Å². The predicted molar refractivity (Wildman–Crippen MR) is 93.9 cm³/mol. The molecule has 5 nitrogen and oxygen atoms in total. The molecule has 0 spiro atoms. The van der Waals surface area contributed by atoms with Crippen LogP contribution < -0.4 is 10.6 Å². The first-order valence-electron chi connectivity index (χ1n) is 7.90. The minimum absolute atomic E-state index is 0.371. The van der Waals surface area contributed by atoms with E-state index in [-0.39, 0.29) is 0 Å². The van der Waals surface area contributed by atoms with E-state index >= 15 is 0 Å². The molecule has 0 radical (unpaired) electrons. The molecule has 0 fully saturated rings. The van der Waals surface area contributed by atoms with E-state index < -0.39 is 18.0 Å². The van der Waals surface area contributed by atoms with Gasteiger partial charge in [-0.05, 0) is 29.7 Å². The molecule has 0 aromatic heterocycles. The van der Waals surface area contributed by atoms with Crippen LogP contribution in [0.5, 0.6) is 0 Å². The number of esters is 1. The van der Waals surface area contributed by atoms with Gasteiger partial charge in [-0.2, -0.15) is 0 Å². The Labute approximate surface area is 142 Å². The number of aryl methyl sites for hydroxylation is 1. The summed E-state index contributed by atoms with van der Waals surface area (Å²) in [6, 6.07) is 15.9. The molecule has 0 saturated carbocycles. The van der Waals surface area contributed by atoms with Crippen molar-refractivity contribution in [3.63, 3.8) is 0 Å². The maximum Gasteiger partial charge on any atom is 0.328 e. The lowest BCUT2D eigenvalue weighted by atomic mass is 10.1. The number of carbonyl (C=O) groups excluding carboxylic acids is 2. The summed E-state index contributed by atoms with van der Waals surface area (Å²) in [5.74, 6) is -0.477. The summed E-state index contributed by atoms with van der Waals surface area (Å²) >= 11 is 0. The zero-order valence-corrected chi connectivity index (χ0v) is 13.9. The first-order valence-corrected chi connectivity index (χ1v) is 7.90. The Morgan fingerprint density at radius 1 is 1.00 bits per heavy atom. The Morgan fingerprint density at radius 2 is 1.67 bits per heavy atom. The van der Waals surface area contributed by atoms with Crippen LogP contribution in [0.3, 0.4) is 0 Å². The summed E-state index contributed by atoms with van der Waals surface area (Å²) in [6.07, 6.45) is 1.31. The molecule has 2 aromatic rings. The van der Waals surface area contributed by atoms with Crippen LogP contribution in [-0.4, -0.2) is 25.2 Å². The lowest BCUT2D eigenvalue weighted by Gasteiger charge is -2.17. The fourth-order valence-corrected chi connectivity index (χ4v) is 2.33. The van der Waals surface area contributed by atoms with E-state index in [1.807, 2.05) is 54.6 Å². The fourth-order valence-electron chi connectivity index (χ4n) is 2.33. The molecular weight excluding hydrogens is 304 g/mol. The highest BCUT2D eigenvalue weighted by molar-refractivity contribution is 5.92. The van der Waals surface area contributed by atoms with Crippen molar-refractivity contribution in [2.75, 3.05) is 12.4 Å². The topological polar surface area (TPSA) is 67.4 Å². The van der Waals surface area contributed by atoms with E-state index in [0.29, 0.717) is 12.1 Å². The first kappa shape index (κ1) is 17.5. The Balaban J connectivity index is 1.99. The van der Waals surface area contributed by atoms with Gasteiger partial charge >= 0.3 is 12.0 Å². The predicted octanol–water partition coefficient (Wildman–Crippen LogP) is 3.15. The molecule has 1 unspecified atom stereocenters. The molecule has 24 heavy (non-hydrogen) atoms. The smallest absolute Gasteiger partial charge is 0.328 e. The number of amides is 2. The fraction of sp³-hybridized carbons (Fsp3) is 0.263. The Kier molecular flexibility index (Phi) is 6.37. The van der Waals surface area contributed by atoms with Crippen molar-refractivity contribution in [3.8, 4) is 0 Å². The molecular formula is C19H22N2O3. The lowest BCUT2D eigenvalue weighted by molar-refractivity contribution is -0.142. The third-order valence-corrected chi connectivity index (χ3v) is 3.69. The number of benzene rings is 2. The van der Waals surface area contributed by atoms with E-state index in [9.17, 15) is 9.59 Å². The number of urea groups is 1.